The maximum atomic E-state index is 12.5. The fourth-order valence-corrected chi connectivity index (χ4v) is 2.56. The minimum Gasteiger partial charge on any atom is -0.462 e. The zero-order valence-corrected chi connectivity index (χ0v) is 14.6. The third-order valence-corrected chi connectivity index (χ3v) is 3.86. The van der Waals surface area contributed by atoms with Crippen molar-refractivity contribution < 1.29 is 18.7 Å². The first-order valence-corrected chi connectivity index (χ1v) is 8.22. The molecule has 3 aromatic rings. The van der Waals surface area contributed by atoms with Crippen molar-refractivity contribution in [1.29, 1.82) is 5.41 Å². The summed E-state index contributed by atoms with van der Waals surface area (Å²) in [6.45, 7) is 2.02. The molecule has 0 spiro atoms. The van der Waals surface area contributed by atoms with Gasteiger partial charge in [0.05, 0.1) is 12.2 Å². The van der Waals surface area contributed by atoms with Crippen molar-refractivity contribution in [3.05, 3.63) is 70.2 Å². The molecule has 0 atom stereocenters. The Morgan fingerprint density at radius 1 is 1.15 bits per heavy atom. The third-order valence-electron chi connectivity index (χ3n) is 3.63. The van der Waals surface area contributed by atoms with Crippen LogP contribution < -0.4 is 10.9 Å². The van der Waals surface area contributed by atoms with Crippen LogP contribution in [0.2, 0.25) is 5.02 Å². The van der Waals surface area contributed by atoms with E-state index in [1.165, 1.54) is 0 Å². The number of rotatable bonds is 4. The van der Waals surface area contributed by atoms with Crippen molar-refractivity contribution in [3.63, 3.8) is 0 Å². The van der Waals surface area contributed by atoms with Crippen molar-refractivity contribution in [2.45, 2.75) is 6.92 Å². The second-order valence-electron chi connectivity index (χ2n) is 5.42. The Morgan fingerprint density at radius 3 is 2.58 bits per heavy atom. The fourth-order valence-electron chi connectivity index (χ4n) is 2.38. The van der Waals surface area contributed by atoms with Gasteiger partial charge in [-0.15, -0.1) is 0 Å². The first-order valence-electron chi connectivity index (χ1n) is 7.84. The number of fused-ring (bicyclic) bond motifs is 1. The summed E-state index contributed by atoms with van der Waals surface area (Å²) in [6, 6.07) is 12.8. The molecule has 0 aliphatic heterocycles. The molecular weight excluding hydrogens is 356 g/mol. The molecule has 3 rings (SSSR count). The molecule has 0 saturated heterocycles. The Kier molecular flexibility index (Phi) is 5.04. The molecule has 0 aliphatic rings. The van der Waals surface area contributed by atoms with Gasteiger partial charge in [-0.1, -0.05) is 11.6 Å². The van der Waals surface area contributed by atoms with E-state index in [0.717, 1.165) is 0 Å². The smallest absolute Gasteiger partial charge is 0.338 e. The van der Waals surface area contributed by atoms with Gasteiger partial charge in [0.15, 0.2) is 0 Å². The predicted molar refractivity (Wildman–Crippen MR) is 97.4 cm³/mol. The van der Waals surface area contributed by atoms with Crippen molar-refractivity contribution in [2.75, 3.05) is 11.9 Å². The van der Waals surface area contributed by atoms with E-state index in [2.05, 4.69) is 5.32 Å². The van der Waals surface area contributed by atoms with Crippen LogP contribution in [-0.4, -0.2) is 18.5 Å². The van der Waals surface area contributed by atoms with Gasteiger partial charge in [0, 0.05) is 16.1 Å². The lowest BCUT2D eigenvalue weighted by atomic mass is 10.1. The van der Waals surface area contributed by atoms with Crippen LogP contribution in [0.3, 0.4) is 0 Å². The van der Waals surface area contributed by atoms with Crippen LogP contribution in [0.4, 0.5) is 5.69 Å². The minimum atomic E-state index is -0.496. The van der Waals surface area contributed by atoms with Crippen LogP contribution >= 0.6 is 11.6 Å². The van der Waals surface area contributed by atoms with Crippen LogP contribution in [0.5, 0.6) is 0 Å². The Hall–Kier alpha value is -3.12. The van der Waals surface area contributed by atoms with E-state index in [9.17, 15) is 9.59 Å². The number of amides is 1. The molecule has 0 fully saturated rings. The van der Waals surface area contributed by atoms with Crippen molar-refractivity contribution in [1.82, 2.24) is 0 Å². The lowest BCUT2D eigenvalue weighted by Crippen LogP contribution is -2.20. The summed E-state index contributed by atoms with van der Waals surface area (Å²) in [4.78, 5) is 24.1. The zero-order chi connectivity index (χ0) is 18.7. The van der Waals surface area contributed by atoms with Gasteiger partial charge in [0.25, 0.3) is 5.91 Å². The Labute approximate surface area is 153 Å². The van der Waals surface area contributed by atoms with Crippen LogP contribution in [0.25, 0.3) is 11.0 Å². The van der Waals surface area contributed by atoms with Crippen LogP contribution in [-0.2, 0) is 4.74 Å². The number of benzene rings is 2. The first-order chi connectivity index (χ1) is 12.5. The molecule has 7 heteroatoms. The average molecular weight is 371 g/mol. The van der Waals surface area contributed by atoms with E-state index in [1.54, 1.807) is 55.5 Å². The van der Waals surface area contributed by atoms with Crippen LogP contribution in [0.1, 0.15) is 27.6 Å². The molecule has 0 unspecified atom stereocenters. The molecule has 6 nitrogen and oxygen atoms in total. The summed E-state index contributed by atoms with van der Waals surface area (Å²) >= 11 is 5.96. The molecule has 1 amide bonds. The summed E-state index contributed by atoms with van der Waals surface area (Å²) in [5.74, 6) is -0.923. The summed E-state index contributed by atoms with van der Waals surface area (Å²) in [5, 5.41) is 11.7. The molecule has 0 radical (unpaired) electrons. The molecule has 0 saturated carbocycles. The molecule has 0 aliphatic carbocycles. The first kappa shape index (κ1) is 17.7. The highest BCUT2D eigenvalue weighted by atomic mass is 35.5. The van der Waals surface area contributed by atoms with Gasteiger partial charge in [-0.2, -0.15) is 0 Å². The lowest BCUT2D eigenvalue weighted by Gasteiger charge is -2.07. The van der Waals surface area contributed by atoms with E-state index in [4.69, 9.17) is 26.2 Å². The van der Waals surface area contributed by atoms with Gasteiger partial charge in [0.2, 0.25) is 5.55 Å². The quantitative estimate of drug-likeness (QED) is 0.679. The van der Waals surface area contributed by atoms with E-state index in [0.29, 0.717) is 33.8 Å². The standard InChI is InChI=1S/C19H15ClN2O4/c1-2-25-19(24)11-3-6-14(7-4-11)22-18(23)15-10-12-9-13(20)5-8-16(12)26-17(15)21/h3-10,21H,2H2,1H3,(H,22,23). The summed E-state index contributed by atoms with van der Waals surface area (Å²) in [6.07, 6.45) is 0. The van der Waals surface area contributed by atoms with Gasteiger partial charge in [-0.05, 0) is 55.5 Å². The molecule has 26 heavy (non-hydrogen) atoms. The number of halogens is 1. The summed E-state index contributed by atoms with van der Waals surface area (Å²) in [5.41, 5.74) is 1.17. The van der Waals surface area contributed by atoms with Crippen LogP contribution in [0.15, 0.2) is 52.9 Å². The second-order valence-corrected chi connectivity index (χ2v) is 5.86. The predicted octanol–water partition coefficient (Wildman–Crippen LogP) is 3.99. The topological polar surface area (TPSA) is 92.4 Å². The third kappa shape index (κ3) is 3.75. The summed E-state index contributed by atoms with van der Waals surface area (Å²) < 4.78 is 10.3. The number of hydrogen-bond donors (Lipinski definition) is 2. The average Bonchev–Trinajstić information content (AvgIpc) is 2.62. The fraction of sp³-hybridized carbons (Fsp3) is 0.105. The molecule has 1 heterocycles. The van der Waals surface area contributed by atoms with E-state index >= 15 is 0 Å². The van der Waals surface area contributed by atoms with Gasteiger partial charge < -0.3 is 14.5 Å². The monoisotopic (exact) mass is 370 g/mol. The number of nitrogens with one attached hydrogen (secondary N) is 2. The number of esters is 1. The molecule has 132 valence electrons. The molecule has 2 aromatic carbocycles. The number of carbonyl (C=O) groups is 2. The number of ether oxygens (including phenoxy) is 1. The highest BCUT2D eigenvalue weighted by Crippen LogP contribution is 2.19. The maximum absolute atomic E-state index is 12.5. The highest BCUT2D eigenvalue weighted by Gasteiger charge is 2.13. The van der Waals surface area contributed by atoms with Crippen LogP contribution in [0, 0.1) is 5.41 Å². The Balaban J connectivity index is 1.83. The maximum Gasteiger partial charge on any atom is 0.338 e. The Bertz CT molecular complexity index is 1040. The second kappa shape index (κ2) is 7.41. The van der Waals surface area contributed by atoms with E-state index < -0.39 is 11.9 Å². The lowest BCUT2D eigenvalue weighted by molar-refractivity contribution is 0.0526. The molecule has 0 bridgehead atoms. The van der Waals surface area contributed by atoms with E-state index in [1.807, 2.05) is 0 Å². The number of carbonyl (C=O) groups excluding carboxylic acids is 2. The van der Waals surface area contributed by atoms with Gasteiger partial charge in [0.1, 0.15) is 11.1 Å². The number of hydrogen-bond acceptors (Lipinski definition) is 5. The van der Waals surface area contributed by atoms with Crippen molar-refractivity contribution >= 4 is 40.1 Å². The largest absolute Gasteiger partial charge is 0.462 e. The van der Waals surface area contributed by atoms with Gasteiger partial charge >= 0.3 is 5.97 Å². The van der Waals surface area contributed by atoms with Crippen molar-refractivity contribution in [2.24, 2.45) is 0 Å². The van der Waals surface area contributed by atoms with E-state index in [-0.39, 0.29) is 11.1 Å². The SMILES string of the molecule is CCOC(=O)c1ccc(NC(=O)c2cc3cc(Cl)ccc3oc2=N)cc1. The van der Waals surface area contributed by atoms with Gasteiger partial charge in [-0.3, -0.25) is 10.2 Å². The minimum absolute atomic E-state index is 0.0780. The zero-order valence-electron chi connectivity index (χ0n) is 13.8. The number of anilines is 1. The molecule has 2 N–H and O–H groups in total. The van der Waals surface area contributed by atoms with Crippen molar-refractivity contribution in [3.8, 4) is 0 Å². The highest BCUT2D eigenvalue weighted by molar-refractivity contribution is 6.31. The summed E-state index contributed by atoms with van der Waals surface area (Å²) in [7, 11) is 0. The molecule has 1 aromatic heterocycles. The molecular formula is C19H15ClN2O4. The Morgan fingerprint density at radius 2 is 1.88 bits per heavy atom. The van der Waals surface area contributed by atoms with Gasteiger partial charge in [-0.25, -0.2) is 4.79 Å². The normalized spacial score (nSPS) is 10.5.